The zero-order valence-electron chi connectivity index (χ0n) is 13.4. The minimum Gasteiger partial charge on any atom is -0.491 e. The van der Waals surface area contributed by atoms with E-state index in [4.69, 9.17) is 39.5 Å². The number of hydrogen-bond acceptors (Lipinski definition) is 3. The lowest BCUT2D eigenvalue weighted by Crippen LogP contribution is -2.13. The molecule has 0 aliphatic carbocycles. The number of hydrogen-bond donors (Lipinski definition) is 1. The van der Waals surface area contributed by atoms with Crippen LogP contribution in [0.25, 0.3) is 6.08 Å². The SMILES string of the molecule is CCOc1c(Cl)cc(/C=C(/C#N)C(=O)Nc2cccc(Cl)c2Cl)cc1Br. The number of ether oxygens (including phenoxy) is 1. The van der Waals surface area contributed by atoms with E-state index in [1.807, 2.05) is 13.0 Å². The molecule has 0 fully saturated rings. The maximum absolute atomic E-state index is 12.4. The minimum absolute atomic E-state index is 0.117. The molecule has 0 aliphatic rings. The molecule has 0 aliphatic heterocycles. The van der Waals surface area contributed by atoms with Gasteiger partial charge < -0.3 is 10.1 Å². The summed E-state index contributed by atoms with van der Waals surface area (Å²) in [6, 6.07) is 10.0. The number of halogens is 4. The van der Waals surface area contributed by atoms with E-state index in [-0.39, 0.29) is 10.6 Å². The number of nitriles is 1. The van der Waals surface area contributed by atoms with Crippen molar-refractivity contribution in [3.05, 3.63) is 61.0 Å². The van der Waals surface area contributed by atoms with Crippen LogP contribution in [0.5, 0.6) is 5.75 Å². The number of nitrogens with zero attached hydrogens (tertiary/aromatic N) is 1. The molecule has 26 heavy (non-hydrogen) atoms. The average molecular weight is 475 g/mol. The highest BCUT2D eigenvalue weighted by Gasteiger charge is 2.14. The second kappa shape index (κ2) is 9.29. The van der Waals surface area contributed by atoms with Gasteiger partial charge in [-0.3, -0.25) is 4.79 Å². The molecule has 0 saturated carbocycles. The molecule has 134 valence electrons. The first kappa shape index (κ1) is 20.6. The van der Waals surface area contributed by atoms with Crippen LogP contribution in [0.4, 0.5) is 5.69 Å². The van der Waals surface area contributed by atoms with Crippen molar-refractivity contribution in [1.29, 1.82) is 5.26 Å². The molecule has 8 heteroatoms. The Morgan fingerprint density at radius 2 is 2.04 bits per heavy atom. The van der Waals surface area contributed by atoms with Crippen molar-refractivity contribution in [1.82, 2.24) is 0 Å². The molecule has 4 nitrogen and oxygen atoms in total. The summed E-state index contributed by atoms with van der Waals surface area (Å²) in [6.45, 7) is 2.30. The molecule has 0 spiro atoms. The van der Waals surface area contributed by atoms with Crippen molar-refractivity contribution in [2.75, 3.05) is 11.9 Å². The van der Waals surface area contributed by atoms with Crippen molar-refractivity contribution < 1.29 is 9.53 Å². The predicted octanol–water partition coefficient (Wildman–Crippen LogP) is 6.35. The predicted molar refractivity (Wildman–Crippen MR) is 109 cm³/mol. The number of amides is 1. The van der Waals surface area contributed by atoms with Gasteiger partial charge in [0, 0.05) is 0 Å². The molecule has 0 saturated heterocycles. The average Bonchev–Trinajstić information content (AvgIpc) is 2.60. The van der Waals surface area contributed by atoms with E-state index >= 15 is 0 Å². The maximum atomic E-state index is 12.4. The number of anilines is 1. The molecule has 0 radical (unpaired) electrons. The fourth-order valence-electron chi connectivity index (χ4n) is 2.05. The molecule has 2 rings (SSSR count). The van der Waals surface area contributed by atoms with Gasteiger partial charge in [-0.15, -0.1) is 0 Å². The highest BCUT2D eigenvalue weighted by Crippen LogP contribution is 2.35. The van der Waals surface area contributed by atoms with Gasteiger partial charge in [0.15, 0.2) is 5.75 Å². The molecule has 0 aromatic heterocycles. The number of nitrogens with one attached hydrogen (secondary N) is 1. The van der Waals surface area contributed by atoms with E-state index < -0.39 is 5.91 Å². The highest BCUT2D eigenvalue weighted by atomic mass is 79.9. The monoisotopic (exact) mass is 472 g/mol. The summed E-state index contributed by atoms with van der Waals surface area (Å²) in [5.41, 5.74) is 0.763. The normalized spacial score (nSPS) is 11.0. The van der Waals surface area contributed by atoms with Gasteiger partial charge >= 0.3 is 0 Å². The summed E-state index contributed by atoms with van der Waals surface area (Å²) in [6.07, 6.45) is 1.42. The summed E-state index contributed by atoms with van der Waals surface area (Å²) < 4.78 is 6.05. The number of carbonyl (C=O) groups is 1. The van der Waals surface area contributed by atoms with E-state index in [2.05, 4.69) is 21.2 Å². The second-order valence-electron chi connectivity index (χ2n) is 4.97. The van der Waals surface area contributed by atoms with Gasteiger partial charge in [0.25, 0.3) is 5.91 Å². The number of benzene rings is 2. The third-order valence-corrected chi connectivity index (χ3v) is 4.87. The Kier molecular flexibility index (Phi) is 7.36. The van der Waals surface area contributed by atoms with E-state index in [0.29, 0.717) is 38.1 Å². The Morgan fingerprint density at radius 3 is 2.65 bits per heavy atom. The van der Waals surface area contributed by atoms with Crippen LogP contribution in [0, 0.1) is 11.3 Å². The van der Waals surface area contributed by atoms with Crippen LogP contribution in [-0.4, -0.2) is 12.5 Å². The first-order chi connectivity index (χ1) is 12.4. The lowest BCUT2D eigenvalue weighted by Gasteiger charge is -2.10. The zero-order chi connectivity index (χ0) is 19.3. The van der Waals surface area contributed by atoms with Gasteiger partial charge in [-0.05, 0) is 58.8 Å². The number of rotatable bonds is 5. The Morgan fingerprint density at radius 1 is 1.31 bits per heavy atom. The van der Waals surface area contributed by atoms with Crippen molar-refractivity contribution in [3.63, 3.8) is 0 Å². The van der Waals surface area contributed by atoms with Gasteiger partial charge in [-0.2, -0.15) is 5.26 Å². The maximum Gasteiger partial charge on any atom is 0.266 e. The lowest BCUT2D eigenvalue weighted by molar-refractivity contribution is -0.112. The van der Waals surface area contributed by atoms with Crippen LogP contribution in [0.3, 0.4) is 0 Å². The third kappa shape index (κ3) is 4.93. The van der Waals surface area contributed by atoms with Crippen molar-refractivity contribution >= 4 is 68.4 Å². The van der Waals surface area contributed by atoms with Crippen LogP contribution >= 0.6 is 50.7 Å². The molecule has 1 N–H and O–H groups in total. The van der Waals surface area contributed by atoms with Crippen molar-refractivity contribution in [3.8, 4) is 11.8 Å². The lowest BCUT2D eigenvalue weighted by atomic mass is 10.1. The fraction of sp³-hybridized carbons (Fsp3) is 0.111. The van der Waals surface area contributed by atoms with Gasteiger partial charge in [0.05, 0.1) is 31.8 Å². The summed E-state index contributed by atoms with van der Waals surface area (Å²) in [4.78, 5) is 12.4. The smallest absolute Gasteiger partial charge is 0.266 e. The molecule has 2 aromatic carbocycles. The topological polar surface area (TPSA) is 62.1 Å². The van der Waals surface area contributed by atoms with E-state index in [1.165, 1.54) is 6.08 Å². The van der Waals surface area contributed by atoms with Crippen molar-refractivity contribution in [2.45, 2.75) is 6.92 Å². The molecule has 0 heterocycles. The van der Waals surface area contributed by atoms with Crippen LogP contribution in [0.1, 0.15) is 12.5 Å². The van der Waals surface area contributed by atoms with Gasteiger partial charge in [-0.25, -0.2) is 0 Å². The quantitative estimate of drug-likeness (QED) is 0.406. The number of carbonyl (C=O) groups excluding carboxylic acids is 1. The molecule has 0 unspecified atom stereocenters. The van der Waals surface area contributed by atoms with Crippen molar-refractivity contribution in [2.24, 2.45) is 0 Å². The van der Waals surface area contributed by atoms with Gasteiger partial charge in [0.1, 0.15) is 11.6 Å². The van der Waals surface area contributed by atoms with Gasteiger partial charge in [0.2, 0.25) is 0 Å². The second-order valence-corrected chi connectivity index (χ2v) is 7.02. The van der Waals surface area contributed by atoms with Crippen LogP contribution in [-0.2, 0) is 4.79 Å². The fourth-order valence-corrected chi connectivity index (χ4v) is 3.39. The third-order valence-electron chi connectivity index (χ3n) is 3.19. The van der Waals surface area contributed by atoms with Crippen LogP contribution in [0.15, 0.2) is 40.4 Å². The van der Waals surface area contributed by atoms with Crippen LogP contribution < -0.4 is 10.1 Å². The first-order valence-electron chi connectivity index (χ1n) is 7.36. The molecular formula is C18H12BrCl3N2O2. The zero-order valence-corrected chi connectivity index (χ0v) is 17.3. The summed E-state index contributed by atoms with van der Waals surface area (Å²) >= 11 is 21.5. The highest BCUT2D eigenvalue weighted by molar-refractivity contribution is 9.10. The molecule has 2 aromatic rings. The van der Waals surface area contributed by atoms with Gasteiger partial charge in [-0.1, -0.05) is 40.9 Å². The standard InChI is InChI=1S/C18H12BrCl3N2O2/c1-2-26-17-12(19)7-10(8-14(17)21)6-11(9-23)18(25)24-15-5-3-4-13(20)16(15)22/h3-8H,2H2,1H3,(H,24,25)/b11-6-. The largest absolute Gasteiger partial charge is 0.491 e. The summed E-state index contributed by atoms with van der Waals surface area (Å²) in [5.74, 6) is -0.113. The summed E-state index contributed by atoms with van der Waals surface area (Å²) in [5, 5.41) is 12.8. The van der Waals surface area contributed by atoms with Crippen LogP contribution in [0.2, 0.25) is 15.1 Å². The molecular weight excluding hydrogens is 462 g/mol. The summed E-state index contributed by atoms with van der Waals surface area (Å²) in [7, 11) is 0. The minimum atomic E-state index is -0.613. The first-order valence-corrected chi connectivity index (χ1v) is 9.29. The van der Waals surface area contributed by atoms with E-state index in [0.717, 1.165) is 0 Å². The molecule has 0 atom stereocenters. The Balaban J connectivity index is 2.31. The molecule has 0 bridgehead atoms. The van der Waals surface area contributed by atoms with E-state index in [9.17, 15) is 10.1 Å². The Labute approximate surface area is 174 Å². The van der Waals surface area contributed by atoms with E-state index in [1.54, 1.807) is 30.3 Å². The molecule has 1 amide bonds. The Hall–Kier alpha value is -1.71. The Bertz CT molecular complexity index is 900.